The van der Waals surface area contributed by atoms with Gasteiger partial charge in [-0.2, -0.15) is 0 Å². The van der Waals surface area contributed by atoms with Crippen LogP contribution in [0.15, 0.2) is 0 Å². The fraction of sp³-hybridized carbons (Fsp3) is 0.938. The van der Waals surface area contributed by atoms with Crippen molar-refractivity contribution >= 4 is 5.78 Å². The summed E-state index contributed by atoms with van der Waals surface area (Å²) in [7, 11) is 0. The number of carbonyl (C=O) groups is 1. The summed E-state index contributed by atoms with van der Waals surface area (Å²) in [6.07, 6.45) is 3.97. The minimum Gasteiger partial charge on any atom is -0.301 e. The number of ketones is 1. The van der Waals surface area contributed by atoms with Crippen LogP contribution >= 0.6 is 0 Å². The first-order valence-electron chi connectivity index (χ1n) is 8.03. The van der Waals surface area contributed by atoms with Crippen molar-refractivity contribution in [2.75, 3.05) is 32.7 Å². The van der Waals surface area contributed by atoms with Crippen LogP contribution in [-0.2, 0) is 4.79 Å². The van der Waals surface area contributed by atoms with Crippen LogP contribution in [0.2, 0.25) is 0 Å². The summed E-state index contributed by atoms with van der Waals surface area (Å²) in [5.41, 5.74) is 0. The van der Waals surface area contributed by atoms with E-state index in [-0.39, 0.29) is 5.92 Å². The van der Waals surface area contributed by atoms with E-state index in [1.165, 1.54) is 13.1 Å². The topological polar surface area (TPSA) is 23.6 Å². The van der Waals surface area contributed by atoms with Crippen molar-refractivity contribution in [1.82, 2.24) is 9.80 Å². The van der Waals surface area contributed by atoms with Crippen molar-refractivity contribution in [2.45, 2.75) is 59.4 Å². The first-order chi connectivity index (χ1) is 9.04. The Morgan fingerprint density at radius 2 is 1.74 bits per heavy atom. The molecule has 19 heavy (non-hydrogen) atoms. The molecule has 0 aliphatic carbocycles. The maximum Gasteiger partial charge on any atom is 0.135 e. The second kappa shape index (κ2) is 8.70. The van der Waals surface area contributed by atoms with E-state index in [0.717, 1.165) is 45.3 Å². The lowest BCUT2D eigenvalue weighted by atomic mass is 9.97. The van der Waals surface area contributed by atoms with Gasteiger partial charge in [0, 0.05) is 44.6 Å². The molecule has 1 saturated heterocycles. The Morgan fingerprint density at radius 1 is 1.11 bits per heavy atom. The average Bonchev–Trinajstić information content (AvgIpc) is 2.39. The van der Waals surface area contributed by atoms with Gasteiger partial charge in [0.15, 0.2) is 0 Å². The molecule has 3 heteroatoms. The van der Waals surface area contributed by atoms with E-state index in [0.29, 0.717) is 11.8 Å². The Kier molecular flexibility index (Phi) is 7.62. The van der Waals surface area contributed by atoms with Crippen LogP contribution in [0.5, 0.6) is 0 Å². The Balaban J connectivity index is 2.12. The van der Waals surface area contributed by atoms with Crippen molar-refractivity contribution in [3.8, 4) is 0 Å². The number of piperazine rings is 1. The van der Waals surface area contributed by atoms with Gasteiger partial charge in [0.1, 0.15) is 5.78 Å². The van der Waals surface area contributed by atoms with Crippen LogP contribution in [0, 0.1) is 5.92 Å². The van der Waals surface area contributed by atoms with Gasteiger partial charge in [0.25, 0.3) is 0 Å². The van der Waals surface area contributed by atoms with Gasteiger partial charge in [-0.3, -0.25) is 9.69 Å². The molecule has 0 spiro atoms. The summed E-state index contributed by atoms with van der Waals surface area (Å²) in [5.74, 6) is 0.727. The molecule has 1 heterocycles. The third-order valence-electron chi connectivity index (χ3n) is 4.31. The quantitative estimate of drug-likeness (QED) is 0.676. The maximum atomic E-state index is 11.9. The predicted molar refractivity (Wildman–Crippen MR) is 81.5 cm³/mol. The lowest BCUT2D eigenvalue weighted by Gasteiger charge is -2.36. The molecule has 0 bridgehead atoms. The molecule has 0 amide bonds. The van der Waals surface area contributed by atoms with Crippen LogP contribution in [0.1, 0.15) is 53.4 Å². The summed E-state index contributed by atoms with van der Waals surface area (Å²) < 4.78 is 0. The van der Waals surface area contributed by atoms with Crippen LogP contribution in [0.25, 0.3) is 0 Å². The van der Waals surface area contributed by atoms with E-state index in [9.17, 15) is 4.79 Å². The number of carbonyl (C=O) groups excluding carboxylic acids is 1. The molecule has 0 aromatic heterocycles. The largest absolute Gasteiger partial charge is 0.301 e. The van der Waals surface area contributed by atoms with Gasteiger partial charge in [-0.25, -0.2) is 0 Å². The second-order valence-corrected chi connectivity index (χ2v) is 6.23. The van der Waals surface area contributed by atoms with Crippen molar-refractivity contribution in [2.24, 2.45) is 5.92 Å². The van der Waals surface area contributed by atoms with E-state index in [1.54, 1.807) is 0 Å². The van der Waals surface area contributed by atoms with Crippen LogP contribution in [0.4, 0.5) is 0 Å². The molecule has 0 N–H and O–H groups in total. The van der Waals surface area contributed by atoms with Gasteiger partial charge < -0.3 is 4.90 Å². The number of nitrogens with zero attached hydrogens (tertiary/aromatic N) is 2. The van der Waals surface area contributed by atoms with Crippen molar-refractivity contribution in [3.05, 3.63) is 0 Å². The molecule has 1 atom stereocenters. The summed E-state index contributed by atoms with van der Waals surface area (Å²) in [5, 5.41) is 0. The molecular weight excluding hydrogens is 236 g/mol. The van der Waals surface area contributed by atoms with E-state index < -0.39 is 0 Å². The highest BCUT2D eigenvalue weighted by atomic mass is 16.1. The van der Waals surface area contributed by atoms with E-state index >= 15 is 0 Å². The normalized spacial score (nSPS) is 19.8. The number of rotatable bonds is 8. The monoisotopic (exact) mass is 268 g/mol. The SMILES string of the molecule is CCC[C@H](C)C(=O)CCCN1CCN(C(C)C)CC1. The van der Waals surface area contributed by atoms with Crippen molar-refractivity contribution in [1.29, 1.82) is 0 Å². The van der Waals surface area contributed by atoms with Gasteiger partial charge in [-0.05, 0) is 33.2 Å². The summed E-state index contributed by atoms with van der Waals surface area (Å²) in [4.78, 5) is 16.9. The fourth-order valence-corrected chi connectivity index (χ4v) is 2.82. The molecule has 0 aromatic rings. The molecule has 1 aliphatic heterocycles. The average molecular weight is 268 g/mol. The Labute approximate surface area is 119 Å². The zero-order valence-electron chi connectivity index (χ0n) is 13.3. The van der Waals surface area contributed by atoms with Crippen LogP contribution in [-0.4, -0.2) is 54.3 Å². The molecule has 0 unspecified atom stereocenters. The maximum absolute atomic E-state index is 11.9. The highest BCUT2D eigenvalue weighted by Crippen LogP contribution is 2.11. The van der Waals surface area contributed by atoms with Crippen molar-refractivity contribution < 1.29 is 4.79 Å². The molecular formula is C16H32N2O. The standard InChI is InChI=1S/C16H32N2O/c1-5-7-15(4)16(19)8-6-9-17-10-12-18(13-11-17)14(2)3/h14-15H,5-13H2,1-4H3/t15-/m0/s1. The first kappa shape index (κ1) is 16.6. The Morgan fingerprint density at radius 3 is 2.26 bits per heavy atom. The molecule has 0 saturated carbocycles. The third-order valence-corrected chi connectivity index (χ3v) is 4.31. The van der Waals surface area contributed by atoms with Crippen LogP contribution < -0.4 is 0 Å². The lowest BCUT2D eigenvalue weighted by molar-refractivity contribution is -0.122. The smallest absolute Gasteiger partial charge is 0.135 e. The minimum atomic E-state index is 0.266. The molecule has 0 radical (unpaired) electrons. The molecule has 3 nitrogen and oxygen atoms in total. The van der Waals surface area contributed by atoms with Gasteiger partial charge in [-0.1, -0.05) is 20.3 Å². The van der Waals surface area contributed by atoms with Gasteiger partial charge in [0.05, 0.1) is 0 Å². The van der Waals surface area contributed by atoms with Crippen LogP contribution in [0.3, 0.4) is 0 Å². The lowest BCUT2D eigenvalue weighted by Crippen LogP contribution is -2.48. The zero-order chi connectivity index (χ0) is 14.3. The Bertz CT molecular complexity index is 257. The summed E-state index contributed by atoms with van der Waals surface area (Å²) in [6, 6.07) is 0.665. The van der Waals surface area contributed by atoms with E-state index in [1.807, 2.05) is 0 Å². The van der Waals surface area contributed by atoms with Gasteiger partial charge in [0.2, 0.25) is 0 Å². The molecule has 112 valence electrons. The number of hydrogen-bond donors (Lipinski definition) is 0. The first-order valence-corrected chi connectivity index (χ1v) is 8.03. The third kappa shape index (κ3) is 6.05. The highest BCUT2D eigenvalue weighted by Gasteiger charge is 2.19. The fourth-order valence-electron chi connectivity index (χ4n) is 2.82. The summed E-state index contributed by atoms with van der Waals surface area (Å²) >= 11 is 0. The molecule has 1 fully saturated rings. The Hall–Kier alpha value is -0.410. The minimum absolute atomic E-state index is 0.266. The molecule has 1 rings (SSSR count). The van der Waals surface area contributed by atoms with Crippen molar-refractivity contribution in [3.63, 3.8) is 0 Å². The zero-order valence-corrected chi connectivity index (χ0v) is 13.3. The molecule has 1 aliphatic rings. The van der Waals surface area contributed by atoms with E-state index in [4.69, 9.17) is 0 Å². The number of Topliss-reactive ketones (excluding diaryl/α,β-unsaturated/α-hetero) is 1. The predicted octanol–water partition coefficient (Wildman–Crippen LogP) is 2.80. The summed E-state index contributed by atoms with van der Waals surface area (Å²) in [6.45, 7) is 14.5. The second-order valence-electron chi connectivity index (χ2n) is 6.23. The van der Waals surface area contributed by atoms with E-state index in [2.05, 4.69) is 37.5 Å². The van der Waals surface area contributed by atoms with Gasteiger partial charge in [-0.15, -0.1) is 0 Å². The highest BCUT2D eigenvalue weighted by molar-refractivity contribution is 5.80. The molecule has 0 aromatic carbocycles. The van der Waals surface area contributed by atoms with Gasteiger partial charge >= 0.3 is 0 Å². The number of hydrogen-bond acceptors (Lipinski definition) is 3.